The molecular formula is C13H24N2O. The monoisotopic (exact) mass is 224 g/mol. The summed E-state index contributed by atoms with van der Waals surface area (Å²) < 4.78 is 0. The van der Waals surface area contributed by atoms with E-state index < -0.39 is 0 Å². The minimum absolute atomic E-state index is 0.0751. The van der Waals surface area contributed by atoms with Crippen LogP contribution in [0.1, 0.15) is 52.4 Å². The number of hydrogen-bond acceptors (Lipinski definition) is 2. The smallest absolute Gasteiger partial charge is 0.224 e. The van der Waals surface area contributed by atoms with Crippen LogP contribution in [0.3, 0.4) is 0 Å². The van der Waals surface area contributed by atoms with Crippen LogP contribution in [0.5, 0.6) is 0 Å². The molecule has 0 heterocycles. The van der Waals surface area contributed by atoms with E-state index in [-0.39, 0.29) is 22.8 Å². The van der Waals surface area contributed by atoms with Gasteiger partial charge in [-0.3, -0.25) is 4.79 Å². The van der Waals surface area contributed by atoms with E-state index in [4.69, 9.17) is 5.73 Å². The standard InChI is InChI=1S/C13H24N2O/c1-3-12(2)8-10(12)11(16)15-13(9-14)6-4-5-7-13/h10H,3-9,14H2,1-2H3,(H,15,16). The van der Waals surface area contributed by atoms with Crippen LogP contribution in [-0.4, -0.2) is 18.0 Å². The van der Waals surface area contributed by atoms with Gasteiger partial charge in [-0.1, -0.05) is 26.7 Å². The number of hydrogen-bond donors (Lipinski definition) is 2. The second-order valence-electron chi connectivity index (χ2n) is 5.95. The Hall–Kier alpha value is -0.570. The Labute approximate surface area is 98.2 Å². The number of rotatable bonds is 4. The van der Waals surface area contributed by atoms with Gasteiger partial charge < -0.3 is 11.1 Å². The lowest BCUT2D eigenvalue weighted by Gasteiger charge is -2.29. The Morgan fingerprint density at radius 1 is 1.44 bits per heavy atom. The summed E-state index contributed by atoms with van der Waals surface area (Å²) in [5, 5.41) is 3.23. The summed E-state index contributed by atoms with van der Waals surface area (Å²) in [6.45, 7) is 4.97. The molecule has 3 nitrogen and oxygen atoms in total. The minimum atomic E-state index is -0.0751. The van der Waals surface area contributed by atoms with Gasteiger partial charge in [-0.2, -0.15) is 0 Å². The van der Waals surface area contributed by atoms with E-state index in [1.54, 1.807) is 0 Å². The van der Waals surface area contributed by atoms with Crippen LogP contribution < -0.4 is 11.1 Å². The van der Waals surface area contributed by atoms with Gasteiger partial charge in [0.25, 0.3) is 0 Å². The summed E-state index contributed by atoms with van der Waals surface area (Å²) in [5.41, 5.74) is 6.01. The third-order valence-corrected chi connectivity index (χ3v) is 4.82. The molecule has 1 amide bonds. The summed E-state index contributed by atoms with van der Waals surface area (Å²) in [5.74, 6) is 0.484. The van der Waals surface area contributed by atoms with Gasteiger partial charge in [0.1, 0.15) is 0 Å². The molecule has 2 atom stereocenters. The Kier molecular flexibility index (Phi) is 2.99. The molecule has 92 valence electrons. The third kappa shape index (κ3) is 1.97. The van der Waals surface area contributed by atoms with Crippen molar-refractivity contribution in [3.05, 3.63) is 0 Å². The van der Waals surface area contributed by atoms with Gasteiger partial charge in [-0.05, 0) is 31.1 Å². The maximum atomic E-state index is 12.1. The predicted molar refractivity (Wildman–Crippen MR) is 64.9 cm³/mol. The third-order valence-electron chi connectivity index (χ3n) is 4.82. The van der Waals surface area contributed by atoms with Crippen LogP contribution in [0.15, 0.2) is 0 Å². The van der Waals surface area contributed by atoms with Gasteiger partial charge in [-0.15, -0.1) is 0 Å². The van der Waals surface area contributed by atoms with E-state index in [0.29, 0.717) is 6.54 Å². The van der Waals surface area contributed by atoms with Gasteiger partial charge in [0.2, 0.25) is 5.91 Å². The predicted octanol–water partition coefficient (Wildman–Crippen LogP) is 1.81. The van der Waals surface area contributed by atoms with Gasteiger partial charge in [0, 0.05) is 12.5 Å². The Morgan fingerprint density at radius 2 is 2.06 bits per heavy atom. The van der Waals surface area contributed by atoms with Crippen molar-refractivity contribution in [3.8, 4) is 0 Å². The first-order chi connectivity index (χ1) is 7.55. The highest BCUT2D eigenvalue weighted by Crippen LogP contribution is 2.55. The lowest BCUT2D eigenvalue weighted by atomic mass is 9.96. The molecule has 16 heavy (non-hydrogen) atoms. The summed E-state index contributed by atoms with van der Waals surface area (Å²) in [6, 6.07) is 0. The molecule has 0 aromatic rings. The van der Waals surface area contributed by atoms with E-state index >= 15 is 0 Å². The minimum Gasteiger partial charge on any atom is -0.349 e. The topological polar surface area (TPSA) is 55.1 Å². The summed E-state index contributed by atoms with van der Waals surface area (Å²) >= 11 is 0. The molecule has 2 rings (SSSR count). The van der Waals surface area contributed by atoms with Crippen molar-refractivity contribution < 1.29 is 4.79 Å². The van der Waals surface area contributed by atoms with Crippen molar-refractivity contribution in [1.29, 1.82) is 0 Å². The zero-order valence-corrected chi connectivity index (χ0v) is 10.5. The normalized spacial score (nSPS) is 36.1. The summed E-state index contributed by atoms with van der Waals surface area (Å²) in [4.78, 5) is 12.1. The highest BCUT2D eigenvalue weighted by molar-refractivity contribution is 5.83. The fourth-order valence-electron chi connectivity index (χ4n) is 2.99. The second-order valence-corrected chi connectivity index (χ2v) is 5.95. The molecule has 2 aliphatic carbocycles. The van der Waals surface area contributed by atoms with Crippen molar-refractivity contribution in [2.45, 2.75) is 57.9 Å². The molecular weight excluding hydrogens is 200 g/mol. The average molecular weight is 224 g/mol. The number of carbonyl (C=O) groups excluding carboxylic acids is 1. The van der Waals surface area contributed by atoms with Crippen LogP contribution in [0.4, 0.5) is 0 Å². The highest BCUT2D eigenvalue weighted by Gasteiger charge is 2.54. The Bertz CT molecular complexity index is 284. The van der Waals surface area contributed by atoms with E-state index in [1.165, 1.54) is 12.8 Å². The number of nitrogens with two attached hydrogens (primary N) is 1. The first kappa shape index (κ1) is 11.9. The summed E-state index contributed by atoms with van der Waals surface area (Å²) in [6.07, 6.45) is 6.67. The maximum absolute atomic E-state index is 12.1. The number of nitrogens with one attached hydrogen (secondary N) is 1. The molecule has 0 saturated heterocycles. The molecule has 0 bridgehead atoms. The van der Waals surface area contributed by atoms with Crippen molar-refractivity contribution in [3.63, 3.8) is 0 Å². The maximum Gasteiger partial charge on any atom is 0.224 e. The van der Waals surface area contributed by atoms with Crippen molar-refractivity contribution in [2.75, 3.05) is 6.54 Å². The first-order valence-corrected chi connectivity index (χ1v) is 6.57. The Balaban J connectivity index is 1.92. The Morgan fingerprint density at radius 3 is 2.50 bits per heavy atom. The fourth-order valence-corrected chi connectivity index (χ4v) is 2.99. The largest absolute Gasteiger partial charge is 0.349 e. The van der Waals surface area contributed by atoms with Crippen molar-refractivity contribution >= 4 is 5.91 Å². The van der Waals surface area contributed by atoms with Crippen LogP contribution in [0, 0.1) is 11.3 Å². The van der Waals surface area contributed by atoms with Crippen LogP contribution in [0.2, 0.25) is 0 Å². The fraction of sp³-hybridized carbons (Fsp3) is 0.923. The molecule has 3 heteroatoms. The first-order valence-electron chi connectivity index (χ1n) is 6.57. The summed E-state index contributed by atoms with van der Waals surface area (Å²) in [7, 11) is 0. The van der Waals surface area contributed by atoms with Crippen LogP contribution in [0.25, 0.3) is 0 Å². The molecule has 2 aliphatic rings. The molecule has 2 fully saturated rings. The molecule has 3 N–H and O–H groups in total. The molecule has 0 spiro atoms. The molecule has 0 radical (unpaired) electrons. The lowest BCUT2D eigenvalue weighted by molar-refractivity contribution is -0.124. The second kappa shape index (κ2) is 4.02. The van der Waals surface area contributed by atoms with E-state index in [9.17, 15) is 4.79 Å². The van der Waals surface area contributed by atoms with Crippen LogP contribution in [-0.2, 0) is 4.79 Å². The SMILES string of the molecule is CCC1(C)CC1C(=O)NC1(CN)CCCC1. The van der Waals surface area contributed by atoms with Gasteiger partial charge >= 0.3 is 0 Å². The quantitative estimate of drug-likeness (QED) is 0.765. The van der Waals surface area contributed by atoms with E-state index in [1.807, 2.05) is 0 Å². The number of amides is 1. The number of carbonyl (C=O) groups is 1. The molecule has 0 aromatic carbocycles. The average Bonchev–Trinajstić information content (AvgIpc) is 2.76. The lowest BCUT2D eigenvalue weighted by Crippen LogP contribution is -2.52. The van der Waals surface area contributed by atoms with E-state index in [2.05, 4.69) is 19.2 Å². The van der Waals surface area contributed by atoms with Gasteiger partial charge in [0.05, 0.1) is 5.54 Å². The van der Waals surface area contributed by atoms with Crippen LogP contribution >= 0.6 is 0 Å². The van der Waals surface area contributed by atoms with Crippen molar-refractivity contribution in [1.82, 2.24) is 5.32 Å². The zero-order chi connectivity index (χ0) is 11.8. The van der Waals surface area contributed by atoms with Gasteiger partial charge in [0.15, 0.2) is 0 Å². The van der Waals surface area contributed by atoms with E-state index in [0.717, 1.165) is 25.7 Å². The highest BCUT2D eigenvalue weighted by atomic mass is 16.2. The van der Waals surface area contributed by atoms with Gasteiger partial charge in [-0.25, -0.2) is 0 Å². The van der Waals surface area contributed by atoms with Crippen molar-refractivity contribution in [2.24, 2.45) is 17.1 Å². The molecule has 2 saturated carbocycles. The zero-order valence-electron chi connectivity index (χ0n) is 10.5. The molecule has 2 unspecified atom stereocenters. The molecule has 0 aliphatic heterocycles. The molecule has 0 aromatic heterocycles.